The van der Waals surface area contributed by atoms with Crippen molar-refractivity contribution in [2.75, 3.05) is 19.3 Å². The molecule has 26 heavy (non-hydrogen) atoms. The van der Waals surface area contributed by atoms with Gasteiger partial charge in [-0.2, -0.15) is 0 Å². The number of imide groups is 1. The molecule has 1 aromatic rings. The number of aliphatic imine (C=N–C) groups is 1. The zero-order valence-corrected chi connectivity index (χ0v) is 16.3. The number of likely N-dealkylation sites (N-methyl/N-ethyl adjacent to an activating group) is 1. The Morgan fingerprint density at radius 2 is 2.08 bits per heavy atom. The number of aryl methyl sites for hydroxylation is 1. The molecule has 1 N–H and O–H groups in total. The molecule has 8 heteroatoms. The molecular formula is C18H21ClN4O2S. The second-order valence-electron chi connectivity index (χ2n) is 6.20. The molecule has 2 heterocycles. The summed E-state index contributed by atoms with van der Waals surface area (Å²) in [6.07, 6.45) is 2.25. The number of fused-ring (bicyclic) bond motifs is 1. The third-order valence-electron chi connectivity index (χ3n) is 4.36. The van der Waals surface area contributed by atoms with Crippen molar-refractivity contribution in [3.05, 3.63) is 47.0 Å². The summed E-state index contributed by atoms with van der Waals surface area (Å²) >= 11 is 7.57. The largest absolute Gasteiger partial charge is 0.332 e. The summed E-state index contributed by atoms with van der Waals surface area (Å²) in [5.41, 5.74) is 1.25. The quantitative estimate of drug-likeness (QED) is 0.836. The van der Waals surface area contributed by atoms with Crippen molar-refractivity contribution in [2.45, 2.75) is 25.6 Å². The molecule has 0 radical (unpaired) electrons. The molecule has 0 aliphatic carbocycles. The van der Waals surface area contributed by atoms with Crippen LogP contribution in [0, 0.1) is 0 Å². The zero-order chi connectivity index (χ0) is 18.7. The minimum Gasteiger partial charge on any atom is -0.332 e. The number of carbonyl (C=O) groups excluding carboxylic acids is 2. The van der Waals surface area contributed by atoms with Crippen LogP contribution in [0.4, 0.5) is 4.79 Å². The van der Waals surface area contributed by atoms with Gasteiger partial charge < -0.3 is 9.80 Å². The number of thioether (sulfide) groups is 1. The molecule has 138 valence electrons. The highest BCUT2D eigenvalue weighted by Crippen LogP contribution is 2.29. The number of amidine groups is 1. The van der Waals surface area contributed by atoms with E-state index in [0.717, 1.165) is 17.3 Å². The third-order valence-corrected chi connectivity index (χ3v) is 5.52. The van der Waals surface area contributed by atoms with Gasteiger partial charge in [-0.1, -0.05) is 59.8 Å². The fourth-order valence-corrected chi connectivity index (χ4v) is 4.07. The van der Waals surface area contributed by atoms with Crippen LogP contribution in [0.15, 0.2) is 46.4 Å². The van der Waals surface area contributed by atoms with E-state index in [1.54, 1.807) is 25.7 Å². The van der Waals surface area contributed by atoms with Gasteiger partial charge in [0.05, 0.1) is 0 Å². The van der Waals surface area contributed by atoms with E-state index in [1.807, 2.05) is 29.2 Å². The predicted molar refractivity (Wildman–Crippen MR) is 105 cm³/mol. The monoisotopic (exact) mass is 392 g/mol. The maximum atomic E-state index is 12.4. The molecule has 2 aliphatic heterocycles. The first kappa shape index (κ1) is 18.8. The molecule has 2 unspecified atom stereocenters. The van der Waals surface area contributed by atoms with Crippen LogP contribution in [0.1, 0.15) is 12.5 Å². The van der Waals surface area contributed by atoms with Gasteiger partial charge in [0, 0.05) is 24.4 Å². The number of nitrogens with one attached hydrogen (secondary N) is 1. The number of hydrogen-bond acceptors (Lipinski definition) is 5. The fourth-order valence-electron chi connectivity index (χ4n) is 2.94. The van der Waals surface area contributed by atoms with E-state index in [9.17, 15) is 9.59 Å². The van der Waals surface area contributed by atoms with Gasteiger partial charge in [-0.05, 0) is 18.9 Å². The highest BCUT2D eigenvalue weighted by molar-refractivity contribution is 8.13. The number of urea groups is 1. The molecule has 3 rings (SSSR count). The van der Waals surface area contributed by atoms with Crippen molar-refractivity contribution in [1.29, 1.82) is 0 Å². The topological polar surface area (TPSA) is 65.0 Å². The summed E-state index contributed by atoms with van der Waals surface area (Å²) < 4.78 is 0. The van der Waals surface area contributed by atoms with E-state index in [4.69, 9.17) is 11.6 Å². The highest BCUT2D eigenvalue weighted by atomic mass is 35.5. The Hall–Kier alpha value is -1.99. The van der Waals surface area contributed by atoms with Crippen molar-refractivity contribution < 1.29 is 9.59 Å². The second-order valence-corrected chi connectivity index (χ2v) is 7.86. The van der Waals surface area contributed by atoms with Gasteiger partial charge in [0.15, 0.2) is 17.4 Å². The molecule has 0 bridgehead atoms. The Morgan fingerprint density at radius 3 is 2.77 bits per heavy atom. The first-order chi connectivity index (χ1) is 12.5. The SMILES string of the molecule is C/C(Cl)=C\CN1C(SCCc2ccccc2)=NC2C1C(=O)NC(=O)N2C. The lowest BCUT2D eigenvalue weighted by molar-refractivity contribution is -0.126. The maximum absolute atomic E-state index is 12.4. The molecule has 6 nitrogen and oxygen atoms in total. The zero-order valence-electron chi connectivity index (χ0n) is 14.7. The normalized spacial score (nSPS) is 23.0. The average Bonchev–Trinajstić information content (AvgIpc) is 2.98. The first-order valence-electron chi connectivity index (χ1n) is 8.38. The second kappa shape index (κ2) is 8.14. The molecule has 0 spiro atoms. The van der Waals surface area contributed by atoms with Gasteiger partial charge in [-0.15, -0.1) is 0 Å². The molecule has 1 fully saturated rings. The lowest BCUT2D eigenvalue weighted by atomic mass is 10.1. The summed E-state index contributed by atoms with van der Waals surface area (Å²) in [7, 11) is 1.65. The molecule has 1 saturated heterocycles. The van der Waals surface area contributed by atoms with E-state index >= 15 is 0 Å². The van der Waals surface area contributed by atoms with Crippen molar-refractivity contribution in [1.82, 2.24) is 15.1 Å². The maximum Gasteiger partial charge on any atom is 0.325 e. The van der Waals surface area contributed by atoms with Crippen LogP contribution in [-0.2, 0) is 11.2 Å². The lowest BCUT2D eigenvalue weighted by Gasteiger charge is -2.35. The first-order valence-corrected chi connectivity index (χ1v) is 9.75. The Balaban J connectivity index is 1.74. The van der Waals surface area contributed by atoms with Crippen molar-refractivity contribution in [3.8, 4) is 0 Å². The minimum absolute atomic E-state index is 0.318. The summed E-state index contributed by atoms with van der Waals surface area (Å²) in [6, 6.07) is 9.28. The molecule has 2 atom stereocenters. The number of amides is 3. The fraction of sp³-hybridized carbons (Fsp3) is 0.389. The van der Waals surface area contributed by atoms with E-state index < -0.39 is 18.2 Å². The standard InChI is InChI=1S/C18H21ClN4O2S/c1-12(19)8-10-23-14-15(22(2)17(25)21-16(14)24)20-18(23)26-11-9-13-6-4-3-5-7-13/h3-8,14-15H,9-11H2,1-2H3,(H,21,24,25)/b12-8+. The summed E-state index contributed by atoms with van der Waals surface area (Å²) in [6.45, 7) is 2.27. The van der Waals surface area contributed by atoms with Crippen LogP contribution >= 0.6 is 23.4 Å². The van der Waals surface area contributed by atoms with E-state index in [0.29, 0.717) is 11.6 Å². The Kier molecular flexibility index (Phi) is 5.88. The number of halogens is 1. The van der Waals surface area contributed by atoms with E-state index in [2.05, 4.69) is 22.4 Å². The minimum atomic E-state index is -0.524. The van der Waals surface area contributed by atoms with Crippen LogP contribution in [0.2, 0.25) is 0 Å². The number of allylic oxidation sites excluding steroid dienone is 1. The number of carbonyl (C=O) groups is 2. The van der Waals surface area contributed by atoms with Crippen LogP contribution < -0.4 is 5.32 Å². The predicted octanol–water partition coefficient (Wildman–Crippen LogP) is 2.65. The number of hydrogen-bond donors (Lipinski definition) is 1. The lowest BCUT2D eigenvalue weighted by Crippen LogP contribution is -2.63. The molecular weight excluding hydrogens is 372 g/mol. The Labute approximate surface area is 162 Å². The number of rotatable bonds is 5. The van der Waals surface area contributed by atoms with Crippen molar-refractivity contribution in [2.24, 2.45) is 4.99 Å². The van der Waals surface area contributed by atoms with Crippen LogP contribution in [0.3, 0.4) is 0 Å². The number of nitrogens with zero attached hydrogens (tertiary/aromatic N) is 3. The van der Waals surface area contributed by atoms with Gasteiger partial charge in [0.25, 0.3) is 5.91 Å². The molecule has 3 amide bonds. The molecule has 2 aliphatic rings. The number of benzene rings is 1. The Morgan fingerprint density at radius 1 is 1.35 bits per heavy atom. The van der Waals surface area contributed by atoms with Crippen molar-refractivity contribution >= 4 is 40.5 Å². The smallest absolute Gasteiger partial charge is 0.325 e. The molecule has 0 aromatic heterocycles. The summed E-state index contributed by atoms with van der Waals surface area (Å²) in [4.78, 5) is 32.3. The van der Waals surface area contributed by atoms with Gasteiger partial charge in [-0.3, -0.25) is 10.1 Å². The van der Waals surface area contributed by atoms with Gasteiger partial charge in [0.2, 0.25) is 0 Å². The van der Waals surface area contributed by atoms with Gasteiger partial charge in [-0.25, -0.2) is 9.79 Å². The summed E-state index contributed by atoms with van der Waals surface area (Å²) in [5, 5.41) is 3.81. The average molecular weight is 393 g/mol. The Bertz CT molecular complexity index is 749. The molecule has 1 aromatic carbocycles. The van der Waals surface area contributed by atoms with Gasteiger partial charge in [0.1, 0.15) is 0 Å². The van der Waals surface area contributed by atoms with Gasteiger partial charge >= 0.3 is 6.03 Å². The molecule has 0 saturated carbocycles. The van der Waals surface area contributed by atoms with Crippen LogP contribution in [-0.4, -0.2) is 58.5 Å². The third kappa shape index (κ3) is 4.04. The van der Waals surface area contributed by atoms with Crippen LogP contribution in [0.5, 0.6) is 0 Å². The van der Waals surface area contributed by atoms with Crippen molar-refractivity contribution in [3.63, 3.8) is 0 Å². The van der Waals surface area contributed by atoms with E-state index in [1.165, 1.54) is 10.5 Å². The van der Waals surface area contributed by atoms with E-state index in [-0.39, 0.29) is 5.91 Å². The summed E-state index contributed by atoms with van der Waals surface area (Å²) in [5.74, 6) is 0.517. The van der Waals surface area contributed by atoms with Crippen LogP contribution in [0.25, 0.3) is 0 Å². The highest BCUT2D eigenvalue weighted by Gasteiger charge is 2.48.